The van der Waals surface area contributed by atoms with Crippen LogP contribution in [0.2, 0.25) is 0 Å². The number of nitrogens with zero attached hydrogens (tertiary/aromatic N) is 2. The Morgan fingerprint density at radius 2 is 2.36 bits per heavy atom. The molecule has 1 rings (SSSR count). The number of aryl methyl sites for hydroxylation is 2. The molecule has 0 radical (unpaired) electrons. The molecule has 0 amide bonds. The van der Waals surface area contributed by atoms with Crippen molar-refractivity contribution in [2.24, 2.45) is 7.05 Å². The molecule has 1 heterocycles. The lowest BCUT2D eigenvalue weighted by Gasteiger charge is -1.95. The zero-order chi connectivity index (χ0) is 8.43. The average molecular weight is 154 g/mol. The van der Waals surface area contributed by atoms with E-state index in [0.29, 0.717) is 5.75 Å². The summed E-state index contributed by atoms with van der Waals surface area (Å²) >= 11 is 0. The van der Waals surface area contributed by atoms with Gasteiger partial charge >= 0.3 is 5.97 Å². The molecule has 0 spiro atoms. The molecule has 0 atom stereocenters. The summed E-state index contributed by atoms with van der Waals surface area (Å²) in [6.07, 6.45) is 1.66. The van der Waals surface area contributed by atoms with Crippen LogP contribution in [0.4, 0.5) is 0 Å². The third-order valence-electron chi connectivity index (χ3n) is 1.22. The monoisotopic (exact) mass is 154 g/mol. The molecular weight excluding hydrogens is 144 g/mol. The second-order valence-electron chi connectivity index (χ2n) is 2.35. The Morgan fingerprint density at radius 3 is 2.73 bits per heavy atom. The number of carbonyl (C=O) groups excluding carboxylic acids is 1. The van der Waals surface area contributed by atoms with Crippen LogP contribution in [0, 0.1) is 6.92 Å². The average Bonchev–Trinajstić information content (AvgIpc) is 2.09. The number of aromatic nitrogens is 2. The van der Waals surface area contributed by atoms with Gasteiger partial charge in [0.2, 0.25) is 0 Å². The lowest BCUT2D eigenvalue weighted by Crippen LogP contribution is -2.01. The first kappa shape index (κ1) is 7.78. The summed E-state index contributed by atoms with van der Waals surface area (Å²) in [7, 11) is 1.78. The Labute approximate surface area is 64.8 Å². The third-order valence-corrected chi connectivity index (χ3v) is 1.22. The topological polar surface area (TPSA) is 44.1 Å². The summed E-state index contributed by atoms with van der Waals surface area (Å²) in [6.45, 7) is 3.16. The van der Waals surface area contributed by atoms with Crippen molar-refractivity contribution >= 4 is 5.97 Å². The Morgan fingerprint density at radius 1 is 1.73 bits per heavy atom. The molecule has 0 unspecified atom stereocenters. The van der Waals surface area contributed by atoms with E-state index in [1.54, 1.807) is 24.9 Å². The predicted octanol–water partition coefficient (Wildman–Crippen LogP) is 0.654. The molecule has 11 heavy (non-hydrogen) atoms. The zero-order valence-corrected chi connectivity index (χ0v) is 6.79. The molecule has 4 nitrogen and oxygen atoms in total. The van der Waals surface area contributed by atoms with Gasteiger partial charge in [-0.3, -0.25) is 9.48 Å². The molecule has 60 valence electrons. The molecule has 0 N–H and O–H groups in total. The zero-order valence-electron chi connectivity index (χ0n) is 6.79. The van der Waals surface area contributed by atoms with Gasteiger partial charge in [0.25, 0.3) is 0 Å². The first-order valence-electron chi connectivity index (χ1n) is 3.28. The van der Waals surface area contributed by atoms with Crippen LogP contribution in [0.1, 0.15) is 12.6 Å². The molecule has 0 aliphatic heterocycles. The quantitative estimate of drug-likeness (QED) is 0.558. The van der Waals surface area contributed by atoms with Gasteiger partial charge in [-0.1, -0.05) is 0 Å². The Balaban J connectivity index is 2.85. The van der Waals surface area contributed by atoms with Gasteiger partial charge in [-0.05, 0) is 6.92 Å². The number of carbonyl (C=O) groups is 1. The molecule has 0 aliphatic rings. The highest BCUT2D eigenvalue weighted by Gasteiger charge is 2.05. The molecule has 0 aromatic carbocycles. The van der Waals surface area contributed by atoms with E-state index in [1.165, 1.54) is 6.92 Å². The molecule has 0 fully saturated rings. The summed E-state index contributed by atoms with van der Waals surface area (Å²) in [4.78, 5) is 10.5. The largest absolute Gasteiger partial charge is 0.423 e. The van der Waals surface area contributed by atoms with Crippen molar-refractivity contribution < 1.29 is 9.53 Å². The van der Waals surface area contributed by atoms with Gasteiger partial charge in [0.1, 0.15) is 5.69 Å². The smallest absolute Gasteiger partial charge is 0.308 e. The minimum atomic E-state index is -0.318. The Kier molecular flexibility index (Phi) is 1.94. The molecular formula is C7H10N2O2. The van der Waals surface area contributed by atoms with Crippen LogP contribution in [0.5, 0.6) is 5.75 Å². The Hall–Kier alpha value is -1.32. The molecule has 0 bridgehead atoms. The Bertz CT molecular complexity index is 278. The SMILES string of the molecule is CC(=O)Oc1cn(C)nc1C. The number of hydrogen-bond donors (Lipinski definition) is 0. The second-order valence-corrected chi connectivity index (χ2v) is 2.35. The van der Waals surface area contributed by atoms with Crippen molar-refractivity contribution in [3.8, 4) is 5.75 Å². The second kappa shape index (κ2) is 2.74. The first-order valence-corrected chi connectivity index (χ1v) is 3.28. The van der Waals surface area contributed by atoms with Crippen LogP contribution in [-0.2, 0) is 11.8 Å². The normalized spacial score (nSPS) is 9.73. The van der Waals surface area contributed by atoms with Gasteiger partial charge in [-0.15, -0.1) is 0 Å². The predicted molar refractivity (Wildman–Crippen MR) is 39.3 cm³/mol. The summed E-state index contributed by atoms with van der Waals surface area (Å²) in [5, 5.41) is 4.00. The van der Waals surface area contributed by atoms with Crippen LogP contribution in [0.15, 0.2) is 6.20 Å². The lowest BCUT2D eigenvalue weighted by atomic mass is 10.4. The molecule has 0 aliphatic carbocycles. The van der Waals surface area contributed by atoms with E-state index >= 15 is 0 Å². The van der Waals surface area contributed by atoms with Crippen LogP contribution in [0.3, 0.4) is 0 Å². The maximum absolute atomic E-state index is 10.5. The van der Waals surface area contributed by atoms with Crippen LogP contribution >= 0.6 is 0 Å². The fourth-order valence-electron chi connectivity index (χ4n) is 0.833. The fourth-order valence-corrected chi connectivity index (χ4v) is 0.833. The van der Waals surface area contributed by atoms with E-state index < -0.39 is 0 Å². The maximum atomic E-state index is 10.5. The van der Waals surface area contributed by atoms with E-state index in [-0.39, 0.29) is 5.97 Å². The van der Waals surface area contributed by atoms with Crippen LogP contribution < -0.4 is 4.74 Å². The summed E-state index contributed by atoms with van der Waals surface area (Å²) < 4.78 is 6.45. The van der Waals surface area contributed by atoms with E-state index in [0.717, 1.165) is 5.69 Å². The lowest BCUT2D eigenvalue weighted by molar-refractivity contribution is -0.131. The highest BCUT2D eigenvalue weighted by Crippen LogP contribution is 2.14. The van der Waals surface area contributed by atoms with Gasteiger partial charge < -0.3 is 4.74 Å². The van der Waals surface area contributed by atoms with Crippen molar-refractivity contribution in [2.75, 3.05) is 0 Å². The minimum absolute atomic E-state index is 0.318. The molecule has 0 saturated carbocycles. The highest BCUT2D eigenvalue weighted by atomic mass is 16.5. The maximum Gasteiger partial charge on any atom is 0.308 e. The summed E-state index contributed by atoms with van der Waals surface area (Å²) in [6, 6.07) is 0. The summed E-state index contributed by atoms with van der Waals surface area (Å²) in [5.74, 6) is 0.209. The van der Waals surface area contributed by atoms with Crippen molar-refractivity contribution in [2.45, 2.75) is 13.8 Å². The van der Waals surface area contributed by atoms with Crippen molar-refractivity contribution in [3.63, 3.8) is 0 Å². The van der Waals surface area contributed by atoms with E-state index in [1.807, 2.05) is 0 Å². The highest BCUT2D eigenvalue weighted by molar-refractivity contribution is 5.69. The minimum Gasteiger partial charge on any atom is -0.423 e. The van der Waals surface area contributed by atoms with Crippen LogP contribution in [0.25, 0.3) is 0 Å². The fraction of sp³-hybridized carbons (Fsp3) is 0.429. The third kappa shape index (κ3) is 1.80. The molecule has 1 aromatic heterocycles. The standard InChI is InChI=1S/C7H10N2O2/c1-5-7(11-6(2)10)4-9(3)8-5/h4H,1-3H3. The first-order chi connectivity index (χ1) is 5.09. The number of hydrogen-bond acceptors (Lipinski definition) is 3. The van der Waals surface area contributed by atoms with Gasteiger partial charge in [-0.2, -0.15) is 5.10 Å². The number of esters is 1. The molecule has 4 heteroatoms. The summed E-state index contributed by atoms with van der Waals surface area (Å²) in [5.41, 5.74) is 0.725. The molecule has 0 saturated heterocycles. The van der Waals surface area contributed by atoms with E-state index in [4.69, 9.17) is 4.74 Å². The van der Waals surface area contributed by atoms with E-state index in [9.17, 15) is 4.79 Å². The van der Waals surface area contributed by atoms with Crippen molar-refractivity contribution in [1.82, 2.24) is 9.78 Å². The molecule has 1 aromatic rings. The van der Waals surface area contributed by atoms with Gasteiger partial charge in [0.15, 0.2) is 5.75 Å². The van der Waals surface area contributed by atoms with Crippen molar-refractivity contribution in [3.05, 3.63) is 11.9 Å². The number of ether oxygens (including phenoxy) is 1. The van der Waals surface area contributed by atoms with Gasteiger partial charge in [0.05, 0.1) is 6.20 Å². The number of rotatable bonds is 1. The van der Waals surface area contributed by atoms with Crippen molar-refractivity contribution in [1.29, 1.82) is 0 Å². The van der Waals surface area contributed by atoms with E-state index in [2.05, 4.69) is 5.10 Å². The van der Waals surface area contributed by atoms with Crippen LogP contribution in [-0.4, -0.2) is 15.7 Å². The van der Waals surface area contributed by atoms with Gasteiger partial charge in [-0.25, -0.2) is 0 Å². The van der Waals surface area contributed by atoms with Gasteiger partial charge in [0, 0.05) is 14.0 Å².